The fourth-order valence-electron chi connectivity index (χ4n) is 4.26. The van der Waals surface area contributed by atoms with Crippen molar-refractivity contribution >= 4 is 33.2 Å². The molecule has 2 atom stereocenters. The molecule has 32 heavy (non-hydrogen) atoms. The van der Waals surface area contributed by atoms with Gasteiger partial charge in [-0.05, 0) is 53.4 Å². The first-order valence-electron chi connectivity index (χ1n) is 10.0. The predicted octanol–water partition coefficient (Wildman–Crippen LogP) is 5.03. The monoisotopic (exact) mass is 472 g/mol. The van der Waals surface area contributed by atoms with Crippen LogP contribution in [0.5, 0.6) is 0 Å². The quantitative estimate of drug-likeness (QED) is 0.558. The second-order valence-electron chi connectivity index (χ2n) is 8.24. The number of hydrogen-bond acceptors (Lipinski definition) is 4. The number of amides is 1. The summed E-state index contributed by atoms with van der Waals surface area (Å²) in [5.74, 6) is -1.16. The van der Waals surface area contributed by atoms with Gasteiger partial charge in [0.25, 0.3) is 5.91 Å². The summed E-state index contributed by atoms with van der Waals surface area (Å²) in [5.41, 5.74) is 3.32. The van der Waals surface area contributed by atoms with Gasteiger partial charge in [0.1, 0.15) is 5.82 Å². The summed E-state index contributed by atoms with van der Waals surface area (Å²) in [6, 6.07) is 19.5. The summed E-state index contributed by atoms with van der Waals surface area (Å²) in [4.78, 5) is 12.5. The van der Waals surface area contributed by atoms with Crippen LogP contribution in [0, 0.1) is 5.82 Å². The van der Waals surface area contributed by atoms with Gasteiger partial charge in [0, 0.05) is 16.7 Å². The lowest BCUT2D eigenvalue weighted by molar-refractivity contribution is 0.0981. The van der Waals surface area contributed by atoms with E-state index in [2.05, 4.69) is 12.2 Å². The van der Waals surface area contributed by atoms with Crippen molar-refractivity contribution in [2.75, 3.05) is 11.6 Å². The zero-order chi connectivity index (χ0) is 23.1. The van der Waals surface area contributed by atoms with Gasteiger partial charge in [-0.3, -0.25) is 4.79 Å². The first kappa shape index (κ1) is 22.3. The largest absolute Gasteiger partial charge is 0.378 e. The lowest BCUT2D eigenvalue weighted by Crippen LogP contribution is -2.35. The number of nitrogens with one attached hydrogen (secondary N) is 2. The Bertz CT molecular complexity index is 1300. The molecular formula is C24H22ClFN2O3S. The smallest absolute Gasteiger partial charge is 0.264 e. The Labute approximate surface area is 191 Å². The van der Waals surface area contributed by atoms with E-state index in [0.29, 0.717) is 6.42 Å². The van der Waals surface area contributed by atoms with Crippen LogP contribution in [0.25, 0.3) is 0 Å². The standard InChI is InChI=1S/C24H22ClFN2O3S/c1-24(17-6-4-3-5-7-17)14-22(15-8-10-20(26)19(25)13-15)27-21-11-9-16(12-18(21)24)23(29)28-32(2,30)31/h3-13,22,27H,14H2,1-2H3,(H,28,29). The van der Waals surface area contributed by atoms with E-state index in [-0.39, 0.29) is 16.6 Å². The molecular weight excluding hydrogens is 451 g/mol. The first-order valence-corrected chi connectivity index (χ1v) is 12.3. The number of carbonyl (C=O) groups is 1. The number of rotatable bonds is 4. The van der Waals surface area contributed by atoms with Crippen LogP contribution in [0.4, 0.5) is 10.1 Å². The van der Waals surface area contributed by atoms with Crippen LogP contribution in [0.1, 0.15) is 46.4 Å². The van der Waals surface area contributed by atoms with E-state index in [0.717, 1.165) is 28.6 Å². The summed E-state index contributed by atoms with van der Waals surface area (Å²) in [6.45, 7) is 2.08. The number of carbonyl (C=O) groups excluding carboxylic acids is 1. The van der Waals surface area contributed by atoms with Crippen LogP contribution in [0.15, 0.2) is 66.7 Å². The van der Waals surface area contributed by atoms with Gasteiger partial charge < -0.3 is 5.32 Å². The van der Waals surface area contributed by atoms with E-state index in [4.69, 9.17) is 11.6 Å². The highest BCUT2D eigenvalue weighted by Crippen LogP contribution is 2.48. The first-order chi connectivity index (χ1) is 15.1. The van der Waals surface area contributed by atoms with Gasteiger partial charge in [-0.1, -0.05) is 54.9 Å². The highest BCUT2D eigenvalue weighted by molar-refractivity contribution is 7.89. The molecule has 1 amide bonds. The number of sulfonamides is 1. The minimum absolute atomic E-state index is 0.0595. The average molecular weight is 473 g/mol. The number of hydrogen-bond donors (Lipinski definition) is 2. The maximum Gasteiger partial charge on any atom is 0.264 e. The van der Waals surface area contributed by atoms with Gasteiger partial charge in [0.15, 0.2) is 0 Å². The molecule has 4 rings (SSSR count). The molecule has 0 saturated heterocycles. The van der Waals surface area contributed by atoms with Crippen molar-refractivity contribution in [1.82, 2.24) is 4.72 Å². The molecule has 1 heterocycles. The Morgan fingerprint density at radius 1 is 1.12 bits per heavy atom. The third-order valence-electron chi connectivity index (χ3n) is 5.85. The van der Waals surface area contributed by atoms with Crippen LogP contribution < -0.4 is 10.0 Å². The molecule has 2 unspecified atom stereocenters. The van der Waals surface area contributed by atoms with E-state index in [1.807, 2.05) is 35.1 Å². The molecule has 5 nitrogen and oxygen atoms in total. The van der Waals surface area contributed by atoms with E-state index in [9.17, 15) is 17.6 Å². The van der Waals surface area contributed by atoms with Crippen LogP contribution in [0.3, 0.4) is 0 Å². The second kappa shape index (κ2) is 8.22. The van der Waals surface area contributed by atoms with E-state index in [1.54, 1.807) is 30.3 Å². The van der Waals surface area contributed by atoms with Crippen LogP contribution in [-0.4, -0.2) is 20.6 Å². The van der Waals surface area contributed by atoms with Crippen molar-refractivity contribution in [3.63, 3.8) is 0 Å². The molecule has 0 radical (unpaired) electrons. The molecule has 0 aliphatic carbocycles. The summed E-state index contributed by atoms with van der Waals surface area (Å²) in [6.07, 6.45) is 1.56. The van der Waals surface area contributed by atoms with Crippen LogP contribution in [0.2, 0.25) is 5.02 Å². The van der Waals surface area contributed by atoms with Crippen molar-refractivity contribution in [3.05, 3.63) is 99.8 Å². The normalized spacial score (nSPS) is 20.2. The Hall–Kier alpha value is -2.90. The van der Waals surface area contributed by atoms with Gasteiger partial charge in [-0.2, -0.15) is 0 Å². The van der Waals surface area contributed by atoms with Gasteiger partial charge in [0.05, 0.1) is 17.3 Å². The van der Waals surface area contributed by atoms with Gasteiger partial charge >= 0.3 is 0 Å². The van der Waals surface area contributed by atoms with Crippen molar-refractivity contribution in [2.24, 2.45) is 0 Å². The number of fused-ring (bicyclic) bond motifs is 1. The Kier molecular flexibility index (Phi) is 5.73. The van der Waals surface area contributed by atoms with E-state index >= 15 is 0 Å². The molecule has 2 N–H and O–H groups in total. The lowest BCUT2D eigenvalue weighted by Gasteiger charge is -2.42. The molecule has 166 valence electrons. The topological polar surface area (TPSA) is 75.3 Å². The molecule has 1 aliphatic heterocycles. The lowest BCUT2D eigenvalue weighted by atomic mass is 9.68. The average Bonchev–Trinajstić information content (AvgIpc) is 2.75. The summed E-state index contributed by atoms with van der Waals surface area (Å²) >= 11 is 6.03. The van der Waals surface area contributed by atoms with Crippen LogP contribution in [-0.2, 0) is 15.4 Å². The fraction of sp³-hybridized carbons (Fsp3) is 0.208. The third kappa shape index (κ3) is 4.36. The SMILES string of the molecule is CC1(c2ccccc2)CC(c2ccc(F)c(Cl)c2)Nc2ccc(C(=O)NS(C)(=O)=O)cc21. The minimum Gasteiger partial charge on any atom is -0.378 e. The highest BCUT2D eigenvalue weighted by Gasteiger charge is 2.39. The van der Waals surface area contributed by atoms with Gasteiger partial charge in [0.2, 0.25) is 10.0 Å². The second-order valence-corrected chi connectivity index (χ2v) is 10.4. The van der Waals surface area contributed by atoms with Gasteiger partial charge in [-0.25, -0.2) is 17.5 Å². The molecule has 0 fully saturated rings. The molecule has 0 spiro atoms. The van der Waals surface area contributed by atoms with Crippen LogP contribution >= 0.6 is 11.6 Å². The maximum atomic E-state index is 13.7. The highest BCUT2D eigenvalue weighted by atomic mass is 35.5. The minimum atomic E-state index is -3.68. The van der Waals surface area contributed by atoms with E-state index in [1.165, 1.54) is 6.07 Å². The van der Waals surface area contributed by atoms with Crippen molar-refractivity contribution in [2.45, 2.75) is 24.8 Å². The summed E-state index contributed by atoms with van der Waals surface area (Å²) in [7, 11) is -3.68. The summed E-state index contributed by atoms with van der Waals surface area (Å²) in [5, 5.41) is 3.53. The third-order valence-corrected chi connectivity index (χ3v) is 6.70. The van der Waals surface area contributed by atoms with Crippen molar-refractivity contribution < 1.29 is 17.6 Å². The summed E-state index contributed by atoms with van der Waals surface area (Å²) < 4.78 is 38.8. The fourth-order valence-corrected chi connectivity index (χ4v) is 4.91. The number of anilines is 1. The molecule has 3 aromatic rings. The maximum absolute atomic E-state index is 13.7. The van der Waals surface area contributed by atoms with Crippen molar-refractivity contribution in [3.8, 4) is 0 Å². The Morgan fingerprint density at radius 3 is 2.50 bits per heavy atom. The van der Waals surface area contributed by atoms with Gasteiger partial charge in [-0.15, -0.1) is 0 Å². The zero-order valence-corrected chi connectivity index (χ0v) is 19.1. The molecule has 0 bridgehead atoms. The molecule has 0 saturated carbocycles. The number of benzene rings is 3. The van der Waals surface area contributed by atoms with E-state index < -0.39 is 27.2 Å². The van der Waals surface area contributed by atoms with Crippen molar-refractivity contribution in [1.29, 1.82) is 0 Å². The predicted molar refractivity (Wildman–Crippen MR) is 124 cm³/mol. The Morgan fingerprint density at radius 2 is 1.84 bits per heavy atom. The number of halogens is 2. The molecule has 3 aromatic carbocycles. The Balaban J connectivity index is 1.82. The molecule has 1 aliphatic rings. The zero-order valence-electron chi connectivity index (χ0n) is 17.5. The molecule has 8 heteroatoms. The molecule has 0 aromatic heterocycles.